The first-order valence-electron chi connectivity index (χ1n) is 31.2. The van der Waals surface area contributed by atoms with Gasteiger partial charge in [0.2, 0.25) is 0 Å². The average Bonchev–Trinajstić information content (AvgIpc) is 3.35. The molecule has 0 radical (unpaired) electrons. The first-order valence-corrected chi connectivity index (χ1v) is 31.2. The van der Waals surface area contributed by atoms with Crippen LogP contribution < -0.4 is 0 Å². The molecule has 0 aliphatic carbocycles. The van der Waals surface area contributed by atoms with E-state index in [0.29, 0.717) is 19.3 Å². The molecule has 6 heteroatoms. The molecule has 0 aromatic rings. The molecule has 0 rings (SSSR count). The molecule has 0 aromatic heterocycles. The van der Waals surface area contributed by atoms with E-state index in [9.17, 15) is 14.4 Å². The van der Waals surface area contributed by atoms with E-state index in [1.807, 2.05) is 0 Å². The Morgan fingerprint density at radius 1 is 0.275 bits per heavy atom. The average molecular weight is 974 g/mol. The Kier molecular flexibility index (Phi) is 57.1. The highest BCUT2D eigenvalue weighted by Crippen LogP contribution is 2.18. The predicted octanol–water partition coefficient (Wildman–Crippen LogP) is 20.9. The number of allylic oxidation sites excluding steroid dienone is 2. The van der Waals surface area contributed by atoms with Crippen molar-refractivity contribution in [1.29, 1.82) is 0 Å². The summed E-state index contributed by atoms with van der Waals surface area (Å²) in [6.45, 7) is 6.61. The van der Waals surface area contributed by atoms with Crippen molar-refractivity contribution in [3.05, 3.63) is 12.2 Å². The minimum atomic E-state index is -0.767. The van der Waals surface area contributed by atoms with Crippen LogP contribution in [0.4, 0.5) is 0 Å². The topological polar surface area (TPSA) is 78.9 Å². The Morgan fingerprint density at radius 3 is 0.768 bits per heavy atom. The molecule has 0 spiro atoms. The number of esters is 3. The van der Waals surface area contributed by atoms with Crippen LogP contribution in [0.1, 0.15) is 355 Å². The SMILES string of the molecule is CCCC/C=C\CCCCCCCC(=O)OC(COC(=O)CCCCCCCCCC)COC(=O)CCCCCCCCCCCCCCCCCCCCCCCCCCCCCCCCCC. The molecule has 69 heavy (non-hydrogen) atoms. The molecule has 1 unspecified atom stereocenters. The molecule has 0 N–H and O–H groups in total. The standard InChI is InChI=1S/C63H120O6/c1-4-7-10-13-16-19-21-22-23-24-25-26-27-28-29-30-31-32-33-34-35-36-37-38-39-40-41-43-44-47-50-53-56-62(65)68-59-60(58-67-61(64)55-52-49-46-18-15-12-9-6-3)69-63(66)57-54-51-48-45-42-20-17-14-11-8-5-2/h14,17,60H,4-13,15-16,18-59H2,1-3H3/b17-14-. The molecule has 0 saturated heterocycles. The molecule has 0 aromatic carbocycles. The van der Waals surface area contributed by atoms with Gasteiger partial charge in [0.05, 0.1) is 0 Å². The van der Waals surface area contributed by atoms with Crippen LogP contribution >= 0.6 is 0 Å². The molecule has 0 aliphatic rings. The van der Waals surface area contributed by atoms with Crippen molar-refractivity contribution >= 4 is 17.9 Å². The second-order valence-electron chi connectivity index (χ2n) is 21.3. The third kappa shape index (κ3) is 56.9. The van der Waals surface area contributed by atoms with Crippen LogP contribution in [0, 0.1) is 0 Å². The van der Waals surface area contributed by atoms with Gasteiger partial charge in [-0.05, 0) is 38.5 Å². The lowest BCUT2D eigenvalue weighted by Crippen LogP contribution is -2.30. The lowest BCUT2D eigenvalue weighted by molar-refractivity contribution is -0.167. The summed E-state index contributed by atoms with van der Waals surface area (Å²) in [5.41, 5.74) is 0. The molecule has 0 saturated carbocycles. The van der Waals surface area contributed by atoms with Crippen LogP contribution in [0.5, 0.6) is 0 Å². The number of rotatable bonds is 58. The Bertz CT molecular complexity index is 1070. The lowest BCUT2D eigenvalue weighted by Gasteiger charge is -2.18. The monoisotopic (exact) mass is 973 g/mol. The molecule has 1 atom stereocenters. The molecule has 0 fully saturated rings. The summed E-state index contributed by atoms with van der Waals surface area (Å²) in [6, 6.07) is 0. The number of ether oxygens (including phenoxy) is 3. The normalized spacial score (nSPS) is 12.0. The zero-order valence-corrected chi connectivity index (χ0v) is 46.9. The highest BCUT2D eigenvalue weighted by Gasteiger charge is 2.19. The minimum absolute atomic E-state index is 0.0684. The molecule has 0 amide bonds. The lowest BCUT2D eigenvalue weighted by atomic mass is 10.0. The van der Waals surface area contributed by atoms with E-state index in [1.165, 1.54) is 250 Å². The second-order valence-corrected chi connectivity index (χ2v) is 21.3. The molecule has 0 aliphatic heterocycles. The van der Waals surface area contributed by atoms with Crippen molar-refractivity contribution in [1.82, 2.24) is 0 Å². The van der Waals surface area contributed by atoms with Gasteiger partial charge in [0, 0.05) is 19.3 Å². The summed E-state index contributed by atoms with van der Waals surface area (Å²) in [7, 11) is 0. The third-order valence-corrected chi connectivity index (χ3v) is 14.3. The molecule has 408 valence electrons. The summed E-state index contributed by atoms with van der Waals surface area (Å²) >= 11 is 0. The number of hydrogen-bond donors (Lipinski definition) is 0. The van der Waals surface area contributed by atoms with Gasteiger partial charge in [0.25, 0.3) is 0 Å². The number of unbranched alkanes of at least 4 members (excludes halogenated alkanes) is 45. The Hall–Kier alpha value is -1.85. The van der Waals surface area contributed by atoms with Gasteiger partial charge in [-0.25, -0.2) is 0 Å². The zero-order valence-electron chi connectivity index (χ0n) is 46.9. The van der Waals surface area contributed by atoms with Gasteiger partial charge in [-0.2, -0.15) is 0 Å². The predicted molar refractivity (Wildman–Crippen MR) is 298 cm³/mol. The summed E-state index contributed by atoms with van der Waals surface area (Å²) in [6.07, 6.45) is 68.4. The van der Waals surface area contributed by atoms with Crippen LogP contribution in [0.15, 0.2) is 12.2 Å². The fraction of sp³-hybridized carbons (Fsp3) is 0.921. The van der Waals surface area contributed by atoms with E-state index in [0.717, 1.165) is 64.2 Å². The van der Waals surface area contributed by atoms with E-state index >= 15 is 0 Å². The van der Waals surface area contributed by atoms with Crippen LogP contribution in [-0.4, -0.2) is 37.2 Å². The Morgan fingerprint density at radius 2 is 0.493 bits per heavy atom. The van der Waals surface area contributed by atoms with Gasteiger partial charge in [-0.15, -0.1) is 0 Å². The van der Waals surface area contributed by atoms with Gasteiger partial charge >= 0.3 is 17.9 Å². The molecule has 0 heterocycles. The molecule has 6 nitrogen and oxygen atoms in total. The van der Waals surface area contributed by atoms with Gasteiger partial charge < -0.3 is 14.2 Å². The fourth-order valence-corrected chi connectivity index (χ4v) is 9.55. The van der Waals surface area contributed by atoms with E-state index in [1.54, 1.807) is 0 Å². The van der Waals surface area contributed by atoms with E-state index in [2.05, 4.69) is 32.9 Å². The van der Waals surface area contributed by atoms with E-state index in [4.69, 9.17) is 14.2 Å². The van der Waals surface area contributed by atoms with Crippen molar-refractivity contribution in [2.24, 2.45) is 0 Å². The highest BCUT2D eigenvalue weighted by atomic mass is 16.6. The second kappa shape index (κ2) is 58.7. The number of carbonyl (C=O) groups excluding carboxylic acids is 3. The van der Waals surface area contributed by atoms with Gasteiger partial charge in [-0.1, -0.05) is 309 Å². The van der Waals surface area contributed by atoms with Crippen molar-refractivity contribution < 1.29 is 28.6 Å². The van der Waals surface area contributed by atoms with Crippen molar-refractivity contribution in [3.8, 4) is 0 Å². The maximum Gasteiger partial charge on any atom is 0.306 e. The highest BCUT2D eigenvalue weighted by molar-refractivity contribution is 5.71. The Labute approximate surface area is 431 Å². The third-order valence-electron chi connectivity index (χ3n) is 14.3. The van der Waals surface area contributed by atoms with Crippen LogP contribution in [0.3, 0.4) is 0 Å². The summed E-state index contributed by atoms with van der Waals surface area (Å²) in [5, 5.41) is 0. The van der Waals surface area contributed by atoms with Gasteiger partial charge in [0.15, 0.2) is 6.10 Å². The summed E-state index contributed by atoms with van der Waals surface area (Å²) < 4.78 is 16.8. The number of hydrogen-bond acceptors (Lipinski definition) is 6. The summed E-state index contributed by atoms with van der Waals surface area (Å²) in [4.78, 5) is 37.9. The molecular formula is C63H120O6. The van der Waals surface area contributed by atoms with Crippen molar-refractivity contribution in [2.45, 2.75) is 361 Å². The van der Waals surface area contributed by atoms with Crippen molar-refractivity contribution in [2.75, 3.05) is 13.2 Å². The van der Waals surface area contributed by atoms with Gasteiger partial charge in [0.1, 0.15) is 13.2 Å². The van der Waals surface area contributed by atoms with Crippen LogP contribution in [0.25, 0.3) is 0 Å². The van der Waals surface area contributed by atoms with E-state index < -0.39 is 6.10 Å². The molecule has 0 bridgehead atoms. The maximum absolute atomic E-state index is 12.8. The maximum atomic E-state index is 12.8. The molecular weight excluding hydrogens is 853 g/mol. The quantitative estimate of drug-likeness (QED) is 0.0261. The van der Waals surface area contributed by atoms with E-state index in [-0.39, 0.29) is 31.1 Å². The Balaban J connectivity index is 3.90. The fourth-order valence-electron chi connectivity index (χ4n) is 9.55. The van der Waals surface area contributed by atoms with Crippen molar-refractivity contribution in [3.63, 3.8) is 0 Å². The van der Waals surface area contributed by atoms with Gasteiger partial charge in [-0.3, -0.25) is 14.4 Å². The largest absolute Gasteiger partial charge is 0.462 e. The van der Waals surface area contributed by atoms with Crippen LogP contribution in [-0.2, 0) is 28.6 Å². The van der Waals surface area contributed by atoms with Crippen LogP contribution in [0.2, 0.25) is 0 Å². The first kappa shape index (κ1) is 67.1. The minimum Gasteiger partial charge on any atom is -0.462 e. The zero-order chi connectivity index (χ0) is 50.0. The first-order chi connectivity index (χ1) is 34.0. The number of carbonyl (C=O) groups is 3. The summed E-state index contributed by atoms with van der Waals surface area (Å²) in [5.74, 6) is -0.863. The smallest absolute Gasteiger partial charge is 0.306 e.